The molecule has 1 aliphatic heterocycles. The molecular formula is C14H25N3O. The lowest BCUT2D eigenvalue weighted by molar-refractivity contribution is 0.149. The van der Waals surface area contributed by atoms with Crippen LogP contribution in [0.15, 0.2) is 6.07 Å². The van der Waals surface area contributed by atoms with Gasteiger partial charge in [0, 0.05) is 13.1 Å². The second-order valence-corrected chi connectivity index (χ2v) is 5.69. The Hall–Kier alpha value is -0.870. The normalized spacial score (nSPS) is 18.7. The average Bonchev–Trinajstić information content (AvgIpc) is 2.70. The lowest BCUT2D eigenvalue weighted by Gasteiger charge is -2.34. The molecular weight excluding hydrogens is 226 g/mol. The Morgan fingerprint density at radius 2 is 2.06 bits per heavy atom. The van der Waals surface area contributed by atoms with Gasteiger partial charge in [0.1, 0.15) is 0 Å². The maximum absolute atomic E-state index is 9.17. The van der Waals surface area contributed by atoms with E-state index in [4.69, 9.17) is 5.11 Å². The number of aliphatic hydroxyl groups excluding tert-OH is 1. The second kappa shape index (κ2) is 5.85. The highest BCUT2D eigenvalue weighted by atomic mass is 16.3. The first-order valence-corrected chi connectivity index (χ1v) is 6.97. The zero-order chi connectivity index (χ0) is 13.1. The number of aryl methyl sites for hydroxylation is 1. The van der Waals surface area contributed by atoms with E-state index in [1.54, 1.807) is 4.68 Å². The highest BCUT2D eigenvalue weighted by Crippen LogP contribution is 2.22. The van der Waals surface area contributed by atoms with Crippen molar-refractivity contribution in [3.05, 3.63) is 17.5 Å². The molecule has 2 rings (SSSR count). The zero-order valence-electron chi connectivity index (χ0n) is 11.8. The van der Waals surface area contributed by atoms with Crippen molar-refractivity contribution in [2.24, 2.45) is 13.0 Å². The maximum atomic E-state index is 9.17. The number of aliphatic hydroxyl groups is 1. The first kappa shape index (κ1) is 13.6. The topological polar surface area (TPSA) is 41.3 Å². The molecule has 0 spiro atoms. The van der Waals surface area contributed by atoms with Crippen LogP contribution in [0.25, 0.3) is 0 Å². The summed E-state index contributed by atoms with van der Waals surface area (Å²) in [6, 6.07) is 2.70. The lowest BCUT2D eigenvalue weighted by Crippen LogP contribution is -2.38. The summed E-state index contributed by atoms with van der Waals surface area (Å²) < 4.78 is 1.79. The van der Waals surface area contributed by atoms with Gasteiger partial charge in [0.25, 0.3) is 0 Å². The highest BCUT2D eigenvalue weighted by Gasteiger charge is 2.21. The van der Waals surface area contributed by atoms with E-state index in [1.165, 1.54) is 25.9 Å². The van der Waals surface area contributed by atoms with Crippen LogP contribution < -0.4 is 0 Å². The fourth-order valence-corrected chi connectivity index (χ4v) is 2.79. The van der Waals surface area contributed by atoms with Crippen LogP contribution in [0.5, 0.6) is 0 Å². The van der Waals surface area contributed by atoms with E-state index in [0.29, 0.717) is 6.04 Å². The van der Waals surface area contributed by atoms with E-state index in [1.807, 2.05) is 13.1 Å². The Morgan fingerprint density at radius 3 is 2.56 bits per heavy atom. The third-order valence-electron chi connectivity index (χ3n) is 4.07. The van der Waals surface area contributed by atoms with Gasteiger partial charge >= 0.3 is 0 Å². The molecule has 1 saturated heterocycles. The predicted octanol–water partition coefficient (Wildman–Crippen LogP) is 1.58. The fraction of sp³-hybridized carbons (Fsp3) is 0.786. The molecule has 1 fully saturated rings. The molecule has 4 nitrogen and oxygen atoms in total. The van der Waals surface area contributed by atoms with E-state index in [9.17, 15) is 0 Å². The largest absolute Gasteiger partial charge is 0.390 e. The second-order valence-electron chi connectivity index (χ2n) is 5.69. The van der Waals surface area contributed by atoms with Gasteiger partial charge in [-0.05, 0) is 58.2 Å². The summed E-state index contributed by atoms with van der Waals surface area (Å²) >= 11 is 0. The number of nitrogens with zero attached hydrogens (tertiary/aromatic N) is 3. The summed E-state index contributed by atoms with van der Waals surface area (Å²) in [5.74, 6) is 0.751. The van der Waals surface area contributed by atoms with Crippen molar-refractivity contribution >= 4 is 0 Å². The van der Waals surface area contributed by atoms with Gasteiger partial charge in [-0.15, -0.1) is 0 Å². The number of aromatic nitrogens is 2. The number of likely N-dealkylation sites (tertiary alicyclic amines) is 1. The Morgan fingerprint density at radius 1 is 1.39 bits per heavy atom. The Bertz CT molecular complexity index is 378. The monoisotopic (exact) mass is 251 g/mol. The quantitative estimate of drug-likeness (QED) is 0.883. The molecule has 0 amide bonds. The van der Waals surface area contributed by atoms with Crippen LogP contribution in [0.1, 0.15) is 38.1 Å². The molecule has 0 unspecified atom stereocenters. The summed E-state index contributed by atoms with van der Waals surface area (Å²) in [6.45, 7) is 7.04. The van der Waals surface area contributed by atoms with Gasteiger partial charge in [0.15, 0.2) is 0 Å². The molecule has 1 aliphatic rings. The Balaban J connectivity index is 1.87. The van der Waals surface area contributed by atoms with Crippen LogP contribution in [-0.2, 0) is 20.1 Å². The van der Waals surface area contributed by atoms with Crippen molar-refractivity contribution < 1.29 is 5.11 Å². The number of hydrogen-bond donors (Lipinski definition) is 1. The summed E-state index contributed by atoms with van der Waals surface area (Å²) in [5, 5.41) is 13.6. The van der Waals surface area contributed by atoms with E-state index < -0.39 is 0 Å². The van der Waals surface area contributed by atoms with E-state index >= 15 is 0 Å². The van der Waals surface area contributed by atoms with Gasteiger partial charge in [-0.25, -0.2) is 0 Å². The van der Waals surface area contributed by atoms with Crippen LogP contribution in [0.4, 0.5) is 0 Å². The highest BCUT2D eigenvalue weighted by molar-refractivity contribution is 5.10. The molecule has 1 aromatic rings. The van der Waals surface area contributed by atoms with Crippen molar-refractivity contribution in [1.82, 2.24) is 14.7 Å². The molecule has 0 atom stereocenters. The molecule has 4 heteroatoms. The molecule has 102 valence electrons. The third-order valence-corrected chi connectivity index (χ3v) is 4.07. The summed E-state index contributed by atoms with van der Waals surface area (Å²) in [7, 11) is 1.90. The predicted molar refractivity (Wildman–Crippen MR) is 72.3 cm³/mol. The number of hydrogen-bond acceptors (Lipinski definition) is 3. The first-order valence-electron chi connectivity index (χ1n) is 6.97. The summed E-state index contributed by atoms with van der Waals surface area (Å²) in [6.07, 6.45) is 3.59. The summed E-state index contributed by atoms with van der Waals surface area (Å²) in [5.41, 5.74) is 2.04. The third kappa shape index (κ3) is 3.12. The minimum atomic E-state index is 0.0787. The Kier molecular flexibility index (Phi) is 4.40. The van der Waals surface area contributed by atoms with Crippen molar-refractivity contribution in [3.63, 3.8) is 0 Å². The molecule has 0 bridgehead atoms. The smallest absolute Gasteiger partial charge is 0.0849 e. The summed E-state index contributed by atoms with van der Waals surface area (Å²) in [4.78, 5) is 2.55. The average molecular weight is 251 g/mol. The van der Waals surface area contributed by atoms with Gasteiger partial charge in [0.2, 0.25) is 0 Å². The van der Waals surface area contributed by atoms with Gasteiger partial charge < -0.3 is 10.0 Å². The van der Waals surface area contributed by atoms with Crippen molar-refractivity contribution in [1.29, 1.82) is 0 Å². The fourth-order valence-electron chi connectivity index (χ4n) is 2.79. The van der Waals surface area contributed by atoms with Gasteiger partial charge in [0.05, 0.1) is 18.0 Å². The molecule has 1 N–H and O–H groups in total. The van der Waals surface area contributed by atoms with Crippen LogP contribution in [0.3, 0.4) is 0 Å². The zero-order valence-corrected chi connectivity index (χ0v) is 11.8. The molecule has 18 heavy (non-hydrogen) atoms. The van der Waals surface area contributed by atoms with Gasteiger partial charge in [-0.1, -0.05) is 0 Å². The number of piperidine rings is 1. The van der Waals surface area contributed by atoms with E-state index in [2.05, 4.69) is 23.8 Å². The van der Waals surface area contributed by atoms with Crippen LogP contribution in [0, 0.1) is 5.92 Å². The van der Waals surface area contributed by atoms with Gasteiger partial charge in [-0.3, -0.25) is 4.68 Å². The molecule has 0 aromatic carbocycles. The van der Waals surface area contributed by atoms with E-state index in [-0.39, 0.29) is 6.61 Å². The van der Waals surface area contributed by atoms with Crippen molar-refractivity contribution in [2.45, 2.75) is 45.8 Å². The minimum Gasteiger partial charge on any atom is -0.390 e. The van der Waals surface area contributed by atoms with E-state index in [0.717, 1.165) is 23.7 Å². The van der Waals surface area contributed by atoms with Crippen LogP contribution >= 0.6 is 0 Å². The molecule has 2 heterocycles. The standard InChI is InChI=1S/C14H25N3O/c1-11(2)17-6-4-12(5-7-17)8-13-9-14(10-18)16(3)15-13/h9,11-12,18H,4-8,10H2,1-3H3. The molecule has 0 aliphatic carbocycles. The molecule has 0 radical (unpaired) electrons. The molecule has 1 aromatic heterocycles. The minimum absolute atomic E-state index is 0.0787. The van der Waals surface area contributed by atoms with Crippen molar-refractivity contribution in [2.75, 3.05) is 13.1 Å². The first-order chi connectivity index (χ1) is 8.60. The molecule has 0 saturated carbocycles. The van der Waals surface area contributed by atoms with Crippen molar-refractivity contribution in [3.8, 4) is 0 Å². The number of rotatable bonds is 4. The Labute approximate surface area is 110 Å². The van der Waals surface area contributed by atoms with Crippen LogP contribution in [0.2, 0.25) is 0 Å². The lowest BCUT2D eigenvalue weighted by atomic mass is 9.91. The maximum Gasteiger partial charge on any atom is 0.0849 e. The van der Waals surface area contributed by atoms with Gasteiger partial charge in [-0.2, -0.15) is 5.10 Å². The SMILES string of the molecule is CC(C)N1CCC(Cc2cc(CO)n(C)n2)CC1. The van der Waals surface area contributed by atoms with Crippen LogP contribution in [-0.4, -0.2) is 38.9 Å².